The zero-order valence-electron chi connectivity index (χ0n) is 18.3. The van der Waals surface area contributed by atoms with Gasteiger partial charge in [0.2, 0.25) is 0 Å². The van der Waals surface area contributed by atoms with Crippen molar-refractivity contribution >= 4 is 40.2 Å². The first-order valence-corrected chi connectivity index (χ1v) is 12.4. The minimum absolute atomic E-state index is 0.126. The summed E-state index contributed by atoms with van der Waals surface area (Å²) in [5, 5.41) is 12.8. The molecule has 1 aromatic heterocycles. The highest BCUT2D eigenvalue weighted by Crippen LogP contribution is 2.37. The number of hydrogen-bond acceptors (Lipinski definition) is 5. The summed E-state index contributed by atoms with van der Waals surface area (Å²) in [6, 6.07) is 10.3. The number of rotatable bonds is 8. The van der Waals surface area contributed by atoms with E-state index in [1.807, 2.05) is 23.1 Å². The lowest BCUT2D eigenvalue weighted by atomic mass is 9.86. The molecule has 8 heteroatoms. The van der Waals surface area contributed by atoms with Crippen LogP contribution in [0.1, 0.15) is 52.0 Å². The molecule has 1 fully saturated rings. The number of amides is 2. The van der Waals surface area contributed by atoms with Gasteiger partial charge in [-0.2, -0.15) is 0 Å². The normalized spacial score (nSPS) is 19.1. The topological polar surface area (TPSA) is 82.5 Å². The summed E-state index contributed by atoms with van der Waals surface area (Å²) >= 11 is 2.55. The second-order valence-electron chi connectivity index (χ2n) is 8.67. The van der Waals surface area contributed by atoms with E-state index >= 15 is 0 Å². The first-order chi connectivity index (χ1) is 14.7. The van der Waals surface area contributed by atoms with Gasteiger partial charge in [-0.15, -0.1) is 0 Å². The van der Waals surface area contributed by atoms with Gasteiger partial charge in [0.25, 0.3) is 0 Å². The molecule has 1 heterocycles. The number of benzene rings is 1. The summed E-state index contributed by atoms with van der Waals surface area (Å²) in [5.74, 6) is -0.165. The Labute approximate surface area is 192 Å². The second-order valence-corrected chi connectivity index (χ2v) is 11.6. The van der Waals surface area contributed by atoms with Crippen LogP contribution in [0.15, 0.2) is 40.7 Å². The molecule has 3 rings (SSSR count). The molecule has 31 heavy (non-hydrogen) atoms. The maximum absolute atomic E-state index is 13.2. The molecule has 0 atom stereocenters. The number of carboxylic acids is 1. The van der Waals surface area contributed by atoms with Gasteiger partial charge in [-0.1, -0.05) is 60.4 Å². The molecule has 168 valence electrons. The second kappa shape index (κ2) is 10.5. The Morgan fingerprint density at radius 2 is 1.90 bits per heavy atom. The van der Waals surface area contributed by atoms with Crippen LogP contribution in [0.4, 0.5) is 9.93 Å². The highest BCUT2D eigenvalue weighted by atomic mass is 32.2. The molecule has 1 aliphatic carbocycles. The minimum atomic E-state index is -0.950. The number of anilines is 1. The van der Waals surface area contributed by atoms with Crippen LogP contribution in [0.3, 0.4) is 0 Å². The molecular weight excluding hydrogens is 430 g/mol. The van der Waals surface area contributed by atoms with Gasteiger partial charge in [-0.25, -0.2) is 9.78 Å². The van der Waals surface area contributed by atoms with Crippen LogP contribution in [0.25, 0.3) is 0 Å². The van der Waals surface area contributed by atoms with Crippen molar-refractivity contribution in [3.05, 3.63) is 42.1 Å². The van der Waals surface area contributed by atoms with Gasteiger partial charge in [0.1, 0.15) is 4.75 Å². The Kier molecular flexibility index (Phi) is 8.00. The smallest absolute Gasteiger partial charge is 0.323 e. The van der Waals surface area contributed by atoms with Gasteiger partial charge in [0.05, 0.1) is 10.4 Å². The fourth-order valence-corrected chi connectivity index (χ4v) is 5.98. The number of aromatic nitrogens is 1. The Hall–Kier alpha value is -2.06. The predicted octanol–water partition coefficient (Wildman–Crippen LogP) is 5.75. The Morgan fingerprint density at radius 1 is 1.23 bits per heavy atom. The predicted molar refractivity (Wildman–Crippen MR) is 127 cm³/mol. The summed E-state index contributed by atoms with van der Waals surface area (Å²) in [5.41, 5.74) is 1.22. The Bertz CT molecular complexity index is 877. The van der Waals surface area contributed by atoms with E-state index in [1.54, 1.807) is 20.0 Å². The minimum Gasteiger partial charge on any atom is -0.480 e. The van der Waals surface area contributed by atoms with E-state index in [9.17, 15) is 14.7 Å². The van der Waals surface area contributed by atoms with Crippen molar-refractivity contribution in [2.24, 2.45) is 5.92 Å². The van der Waals surface area contributed by atoms with E-state index in [0.29, 0.717) is 17.6 Å². The third-order valence-corrected chi connectivity index (χ3v) is 7.94. The van der Waals surface area contributed by atoms with Crippen molar-refractivity contribution in [2.75, 3.05) is 11.9 Å². The van der Waals surface area contributed by atoms with Crippen LogP contribution in [0.2, 0.25) is 0 Å². The van der Waals surface area contributed by atoms with Crippen molar-refractivity contribution in [1.29, 1.82) is 0 Å². The highest BCUT2D eigenvalue weighted by Gasteiger charge is 2.30. The molecule has 0 aliphatic heterocycles. The molecule has 6 nitrogen and oxygen atoms in total. The molecule has 0 spiro atoms. The summed E-state index contributed by atoms with van der Waals surface area (Å²) in [7, 11) is 0. The lowest BCUT2D eigenvalue weighted by Gasteiger charge is -2.36. The van der Waals surface area contributed by atoms with Crippen LogP contribution >= 0.6 is 23.1 Å². The SMILES string of the molecule is CC(C)(Sc1cnc(NC(=O)N(CCc2ccccc2)[C@H]2CC[C@H](C)CC2)s1)C(=O)O. The van der Waals surface area contributed by atoms with Gasteiger partial charge in [-0.05, 0) is 57.4 Å². The number of aliphatic carboxylic acids is 1. The van der Waals surface area contributed by atoms with Gasteiger partial charge in [-0.3, -0.25) is 10.1 Å². The third-order valence-electron chi connectivity index (χ3n) is 5.74. The van der Waals surface area contributed by atoms with Gasteiger partial charge < -0.3 is 10.0 Å². The van der Waals surface area contributed by atoms with Crippen LogP contribution in [-0.4, -0.2) is 44.3 Å². The molecule has 0 bridgehead atoms. The number of nitrogens with zero attached hydrogens (tertiary/aromatic N) is 2. The molecule has 0 unspecified atom stereocenters. The fourth-order valence-electron chi connectivity index (χ4n) is 3.72. The first-order valence-electron chi connectivity index (χ1n) is 10.7. The fraction of sp³-hybridized carbons (Fsp3) is 0.522. The maximum Gasteiger partial charge on any atom is 0.323 e. The number of carboxylic acid groups (broad SMARTS) is 1. The largest absolute Gasteiger partial charge is 0.480 e. The number of hydrogen-bond donors (Lipinski definition) is 2. The first kappa shape index (κ1) is 23.6. The molecule has 0 saturated heterocycles. The number of thioether (sulfide) groups is 1. The average Bonchev–Trinajstić information content (AvgIpc) is 3.16. The number of thiazole rings is 1. The van der Waals surface area contributed by atoms with E-state index in [0.717, 1.165) is 36.3 Å². The van der Waals surface area contributed by atoms with Crippen molar-refractivity contribution in [1.82, 2.24) is 9.88 Å². The van der Waals surface area contributed by atoms with Crippen molar-refractivity contribution in [3.8, 4) is 0 Å². The molecule has 1 aromatic carbocycles. The van der Waals surface area contributed by atoms with Gasteiger partial charge >= 0.3 is 12.0 Å². The standard InChI is InChI=1S/C23H31N3O3S2/c1-16-9-11-18(12-10-16)26(14-13-17-7-5-4-6-8-17)22(29)25-21-24-15-19(30-21)31-23(2,3)20(27)28/h4-8,15-16,18H,9-14H2,1-3H3,(H,27,28)(H,24,25,29)/t16-,18-. The number of urea groups is 1. The van der Waals surface area contributed by atoms with Crippen molar-refractivity contribution in [2.45, 2.75) is 67.9 Å². The Balaban J connectivity index is 1.67. The number of carbonyl (C=O) groups is 2. The zero-order valence-corrected chi connectivity index (χ0v) is 20.0. The van der Waals surface area contributed by atoms with E-state index in [1.165, 1.54) is 28.7 Å². The summed E-state index contributed by atoms with van der Waals surface area (Å²) < 4.78 is -0.182. The zero-order chi connectivity index (χ0) is 22.4. The van der Waals surface area contributed by atoms with Crippen LogP contribution in [0.5, 0.6) is 0 Å². The van der Waals surface area contributed by atoms with Crippen molar-refractivity contribution < 1.29 is 14.7 Å². The molecule has 2 N–H and O–H groups in total. The van der Waals surface area contributed by atoms with Crippen LogP contribution in [0, 0.1) is 5.92 Å². The number of nitrogens with one attached hydrogen (secondary N) is 1. The molecule has 2 amide bonds. The molecule has 1 aliphatic rings. The molecule has 1 saturated carbocycles. The summed E-state index contributed by atoms with van der Waals surface area (Å²) in [6.07, 6.45) is 6.77. The quantitative estimate of drug-likeness (QED) is 0.489. The van der Waals surface area contributed by atoms with Crippen molar-refractivity contribution in [3.63, 3.8) is 0 Å². The van der Waals surface area contributed by atoms with E-state index in [-0.39, 0.29) is 12.1 Å². The maximum atomic E-state index is 13.2. The monoisotopic (exact) mass is 461 g/mol. The van der Waals surface area contributed by atoms with E-state index in [4.69, 9.17) is 0 Å². The molecule has 0 radical (unpaired) electrons. The summed E-state index contributed by atoms with van der Waals surface area (Å²) in [6.45, 7) is 6.26. The summed E-state index contributed by atoms with van der Waals surface area (Å²) in [4.78, 5) is 30.8. The number of carbonyl (C=O) groups excluding carboxylic acids is 1. The van der Waals surface area contributed by atoms with E-state index in [2.05, 4.69) is 29.4 Å². The average molecular weight is 462 g/mol. The van der Waals surface area contributed by atoms with Crippen LogP contribution < -0.4 is 5.32 Å². The van der Waals surface area contributed by atoms with Gasteiger partial charge in [0.15, 0.2) is 5.13 Å². The highest BCUT2D eigenvalue weighted by molar-refractivity contribution is 8.03. The molecular formula is C23H31N3O3S2. The lowest BCUT2D eigenvalue weighted by molar-refractivity contribution is -0.138. The Morgan fingerprint density at radius 3 is 2.55 bits per heavy atom. The molecule has 2 aromatic rings. The van der Waals surface area contributed by atoms with Crippen LogP contribution in [-0.2, 0) is 11.2 Å². The van der Waals surface area contributed by atoms with E-state index < -0.39 is 10.7 Å². The third kappa shape index (κ3) is 6.71. The lowest BCUT2D eigenvalue weighted by Crippen LogP contribution is -2.45. The van der Waals surface area contributed by atoms with Gasteiger partial charge in [0, 0.05) is 12.6 Å².